The van der Waals surface area contributed by atoms with E-state index in [0.29, 0.717) is 25.7 Å². The van der Waals surface area contributed by atoms with E-state index in [1.165, 1.54) is 4.68 Å². The highest BCUT2D eigenvalue weighted by molar-refractivity contribution is 7.89. The van der Waals surface area contributed by atoms with Crippen LogP contribution in [0.4, 0.5) is 22.0 Å². The number of aryl methyl sites for hydroxylation is 1. The third-order valence-electron chi connectivity index (χ3n) is 7.00. The predicted molar refractivity (Wildman–Crippen MR) is 138 cm³/mol. The molecule has 2 heterocycles. The van der Waals surface area contributed by atoms with Crippen LogP contribution in [0.5, 0.6) is 5.75 Å². The van der Waals surface area contributed by atoms with Crippen molar-refractivity contribution in [1.82, 2.24) is 20.1 Å². The smallest absolute Gasteiger partial charge is 0.394 e. The summed E-state index contributed by atoms with van der Waals surface area (Å²) in [5, 5.41) is 11.4. The second kappa shape index (κ2) is 12.1. The highest BCUT2D eigenvalue weighted by Gasteiger charge is 2.47. The van der Waals surface area contributed by atoms with Gasteiger partial charge in [0.1, 0.15) is 5.75 Å². The van der Waals surface area contributed by atoms with Gasteiger partial charge in [-0.1, -0.05) is 25.4 Å². The molecule has 1 fully saturated rings. The SMILES string of the molecule is CCn1nc(C(=O)NC[C@H]2CC[C@H](S(N)(=O)=O)CC2)c(Cl)c1-c1cnc(CC(C)(C)C(F)(F)F)cc1OC(F)F. The van der Waals surface area contributed by atoms with Crippen molar-refractivity contribution in [1.29, 1.82) is 0 Å². The number of nitrogens with one attached hydrogen (secondary N) is 1. The van der Waals surface area contributed by atoms with Crippen molar-refractivity contribution in [3.63, 3.8) is 0 Å². The number of nitrogens with two attached hydrogens (primary N) is 1. The van der Waals surface area contributed by atoms with E-state index >= 15 is 0 Å². The lowest BCUT2D eigenvalue weighted by atomic mass is 9.86. The first-order valence-corrected chi connectivity index (χ1v) is 14.5. The maximum Gasteiger partial charge on any atom is 0.394 e. The molecular formula is C24H31ClF5N5O4S. The highest BCUT2D eigenvalue weighted by Crippen LogP contribution is 2.42. The van der Waals surface area contributed by atoms with E-state index in [2.05, 4.69) is 20.1 Å². The molecule has 0 bridgehead atoms. The lowest BCUT2D eigenvalue weighted by molar-refractivity contribution is -0.211. The summed E-state index contributed by atoms with van der Waals surface area (Å²) in [7, 11) is -3.62. The summed E-state index contributed by atoms with van der Waals surface area (Å²) in [6.45, 7) is 0.697. The van der Waals surface area contributed by atoms with Crippen LogP contribution in [0.25, 0.3) is 11.3 Å². The molecule has 0 aliphatic heterocycles. The number of sulfonamides is 1. The van der Waals surface area contributed by atoms with Gasteiger partial charge in [-0.25, -0.2) is 13.6 Å². The van der Waals surface area contributed by atoms with Crippen molar-refractivity contribution >= 4 is 27.5 Å². The minimum atomic E-state index is -4.56. The summed E-state index contributed by atoms with van der Waals surface area (Å²) in [5.41, 5.74) is -2.55. The summed E-state index contributed by atoms with van der Waals surface area (Å²) in [4.78, 5) is 17.0. The van der Waals surface area contributed by atoms with E-state index in [4.69, 9.17) is 16.7 Å². The average Bonchev–Trinajstić information content (AvgIpc) is 3.17. The molecule has 0 saturated heterocycles. The van der Waals surface area contributed by atoms with Crippen LogP contribution in [-0.4, -0.2) is 53.7 Å². The van der Waals surface area contributed by atoms with Gasteiger partial charge in [0.05, 0.1) is 26.9 Å². The highest BCUT2D eigenvalue weighted by atomic mass is 35.5. The van der Waals surface area contributed by atoms with Crippen molar-refractivity contribution in [2.24, 2.45) is 16.5 Å². The molecule has 0 spiro atoms. The molecule has 1 amide bonds. The first kappa shape index (κ1) is 32.0. The maximum atomic E-state index is 13.4. The van der Waals surface area contributed by atoms with Gasteiger partial charge in [-0.3, -0.25) is 14.5 Å². The van der Waals surface area contributed by atoms with Crippen molar-refractivity contribution in [3.8, 4) is 17.0 Å². The first-order valence-electron chi connectivity index (χ1n) is 12.5. The number of hydrogen-bond donors (Lipinski definition) is 2. The van der Waals surface area contributed by atoms with Gasteiger partial charge in [0, 0.05) is 37.5 Å². The second-order valence-electron chi connectivity index (χ2n) is 10.4. The topological polar surface area (TPSA) is 129 Å². The Labute approximate surface area is 233 Å². The molecule has 1 aliphatic carbocycles. The van der Waals surface area contributed by atoms with Crippen LogP contribution in [-0.2, 0) is 23.0 Å². The molecular weight excluding hydrogens is 585 g/mol. The van der Waals surface area contributed by atoms with Crippen LogP contribution in [0.2, 0.25) is 5.02 Å². The molecule has 224 valence electrons. The minimum Gasteiger partial charge on any atom is -0.434 e. The molecule has 16 heteroatoms. The Morgan fingerprint density at radius 2 is 1.88 bits per heavy atom. The van der Waals surface area contributed by atoms with Gasteiger partial charge < -0.3 is 10.1 Å². The zero-order chi connectivity index (χ0) is 30.0. The molecule has 1 saturated carbocycles. The van der Waals surface area contributed by atoms with Crippen molar-refractivity contribution in [3.05, 3.63) is 28.7 Å². The van der Waals surface area contributed by atoms with Crippen LogP contribution < -0.4 is 15.2 Å². The molecule has 9 nitrogen and oxygen atoms in total. The van der Waals surface area contributed by atoms with Crippen molar-refractivity contribution < 1.29 is 39.9 Å². The van der Waals surface area contributed by atoms with Gasteiger partial charge in [0.15, 0.2) is 5.69 Å². The molecule has 3 N–H and O–H groups in total. The second-order valence-corrected chi connectivity index (χ2v) is 12.6. The number of halogens is 6. The Morgan fingerprint density at radius 1 is 1.25 bits per heavy atom. The average molecular weight is 616 g/mol. The third kappa shape index (κ3) is 7.40. The standard InChI is InChI=1S/C24H31ClF5N5O4S/c1-4-35-20(16-12-32-14(9-17(16)39-22(26)27)10-23(2,3)24(28,29)30)18(25)19(34-35)21(36)33-11-13-5-7-15(8-6-13)40(31,37)38/h9,12-13,15,22H,4-8,10-11H2,1-3H3,(H,33,36)(H2,31,37,38)/t13-,15-. The summed E-state index contributed by atoms with van der Waals surface area (Å²) >= 11 is 6.50. The fourth-order valence-corrected chi connectivity index (χ4v) is 5.81. The molecule has 0 radical (unpaired) electrons. The van der Waals surface area contributed by atoms with E-state index in [1.54, 1.807) is 6.92 Å². The van der Waals surface area contributed by atoms with E-state index in [9.17, 15) is 35.2 Å². The molecule has 0 aromatic carbocycles. The number of carbonyl (C=O) groups is 1. The monoisotopic (exact) mass is 615 g/mol. The van der Waals surface area contributed by atoms with E-state index in [-0.39, 0.29) is 46.7 Å². The Morgan fingerprint density at radius 3 is 2.40 bits per heavy atom. The number of ether oxygens (including phenoxy) is 1. The molecule has 0 unspecified atom stereocenters. The molecule has 40 heavy (non-hydrogen) atoms. The normalized spacial score (nSPS) is 18.7. The number of nitrogens with zero attached hydrogens (tertiary/aromatic N) is 3. The predicted octanol–water partition coefficient (Wildman–Crippen LogP) is 4.93. The summed E-state index contributed by atoms with van der Waals surface area (Å²) in [6.07, 6.45) is -2.24. The van der Waals surface area contributed by atoms with Gasteiger partial charge in [0.25, 0.3) is 5.91 Å². The lowest BCUT2D eigenvalue weighted by Gasteiger charge is -2.27. The number of hydrogen-bond acceptors (Lipinski definition) is 6. The fourth-order valence-electron chi connectivity index (χ4n) is 4.55. The van der Waals surface area contributed by atoms with Gasteiger partial charge in [-0.15, -0.1) is 0 Å². The Balaban J connectivity index is 1.86. The van der Waals surface area contributed by atoms with E-state index in [0.717, 1.165) is 26.1 Å². The molecule has 0 atom stereocenters. The quantitative estimate of drug-likeness (QED) is 0.365. The number of alkyl halides is 5. The Kier molecular flexibility index (Phi) is 9.72. The first-order chi connectivity index (χ1) is 18.4. The van der Waals surface area contributed by atoms with Crippen LogP contribution in [0, 0.1) is 11.3 Å². The van der Waals surface area contributed by atoms with Crippen molar-refractivity contribution in [2.45, 2.75) is 77.5 Å². The lowest BCUT2D eigenvalue weighted by Crippen LogP contribution is -2.36. The summed E-state index contributed by atoms with van der Waals surface area (Å²) < 4.78 is 95.7. The number of amides is 1. The Hall–Kier alpha value is -2.52. The zero-order valence-electron chi connectivity index (χ0n) is 22.1. The third-order valence-corrected chi connectivity index (χ3v) is 8.76. The number of aromatic nitrogens is 3. The number of primary sulfonamides is 1. The van der Waals surface area contributed by atoms with Crippen LogP contribution in [0.3, 0.4) is 0 Å². The summed E-state index contributed by atoms with van der Waals surface area (Å²) in [6, 6.07) is 0.996. The minimum absolute atomic E-state index is 0.0113. The molecule has 2 aromatic rings. The van der Waals surface area contributed by atoms with Crippen molar-refractivity contribution in [2.75, 3.05) is 6.54 Å². The zero-order valence-corrected chi connectivity index (χ0v) is 23.6. The van der Waals surface area contributed by atoms with Gasteiger partial charge in [-0.05, 0) is 38.5 Å². The maximum absolute atomic E-state index is 13.4. The van der Waals surface area contributed by atoms with E-state index in [1.807, 2.05) is 0 Å². The Bertz CT molecular complexity index is 1330. The largest absolute Gasteiger partial charge is 0.434 e. The number of rotatable bonds is 10. The van der Waals surface area contributed by atoms with E-state index < -0.39 is 51.6 Å². The van der Waals surface area contributed by atoms with Gasteiger partial charge >= 0.3 is 12.8 Å². The van der Waals surface area contributed by atoms with Crippen LogP contribution in [0.1, 0.15) is 62.6 Å². The van der Waals surface area contributed by atoms with Crippen LogP contribution in [0.15, 0.2) is 12.3 Å². The number of pyridine rings is 1. The fraction of sp³-hybridized carbons (Fsp3) is 0.625. The van der Waals surface area contributed by atoms with Crippen LogP contribution >= 0.6 is 11.6 Å². The van der Waals surface area contributed by atoms with Gasteiger partial charge in [0.2, 0.25) is 10.0 Å². The molecule has 2 aromatic heterocycles. The molecule has 1 aliphatic rings. The summed E-state index contributed by atoms with van der Waals surface area (Å²) in [5.74, 6) is -1.09. The molecule has 3 rings (SSSR count). The van der Waals surface area contributed by atoms with Gasteiger partial charge in [-0.2, -0.15) is 27.1 Å². The number of carbonyl (C=O) groups excluding carboxylic acids is 1.